The summed E-state index contributed by atoms with van der Waals surface area (Å²) in [6.07, 6.45) is 0. The Kier molecular flexibility index (Phi) is 5.68. The first-order valence-electron chi connectivity index (χ1n) is 7.23. The number of hydrogen-bond acceptors (Lipinski definition) is 5. The molecular weight excluding hydrogens is 284 g/mol. The first-order chi connectivity index (χ1) is 10.6. The zero-order chi connectivity index (χ0) is 15.9. The molecule has 22 heavy (non-hydrogen) atoms. The van der Waals surface area contributed by atoms with Crippen LogP contribution in [0.3, 0.4) is 0 Å². The molecule has 0 spiro atoms. The van der Waals surface area contributed by atoms with E-state index in [1.807, 2.05) is 0 Å². The molecule has 1 saturated heterocycles. The van der Waals surface area contributed by atoms with Crippen molar-refractivity contribution in [2.75, 3.05) is 44.7 Å². The van der Waals surface area contributed by atoms with Crippen molar-refractivity contribution in [1.82, 2.24) is 15.2 Å². The average molecular weight is 306 g/mol. The first kappa shape index (κ1) is 16.2. The second kappa shape index (κ2) is 7.71. The fourth-order valence-corrected chi connectivity index (χ4v) is 2.21. The number of pyridine rings is 1. The maximum atomic E-state index is 12.1. The molecule has 5 N–H and O–H groups in total. The van der Waals surface area contributed by atoms with Crippen molar-refractivity contribution in [3.8, 4) is 0 Å². The van der Waals surface area contributed by atoms with Crippen molar-refractivity contribution in [3.05, 3.63) is 23.5 Å². The van der Waals surface area contributed by atoms with E-state index in [0.29, 0.717) is 23.6 Å². The predicted molar refractivity (Wildman–Crippen MR) is 84.1 cm³/mol. The zero-order valence-corrected chi connectivity index (χ0v) is 12.7. The second-order valence-electron chi connectivity index (χ2n) is 5.08. The van der Waals surface area contributed by atoms with E-state index in [1.165, 1.54) is 0 Å². The molecule has 1 aliphatic rings. The van der Waals surface area contributed by atoms with Gasteiger partial charge < -0.3 is 21.1 Å². The van der Waals surface area contributed by atoms with Crippen LogP contribution >= 0.6 is 0 Å². The maximum Gasteiger partial charge on any atom is 0.269 e. The minimum Gasteiger partial charge on any atom is -0.379 e. The lowest BCUT2D eigenvalue weighted by Gasteiger charge is -2.26. The third-order valence-corrected chi connectivity index (χ3v) is 3.41. The Morgan fingerprint density at radius 1 is 1.45 bits per heavy atom. The third-order valence-electron chi connectivity index (χ3n) is 3.41. The monoisotopic (exact) mass is 306 g/mol. The van der Waals surface area contributed by atoms with Crippen molar-refractivity contribution < 1.29 is 9.53 Å². The predicted octanol–water partition coefficient (Wildman–Crippen LogP) is -0.243. The van der Waals surface area contributed by atoms with Crippen molar-refractivity contribution in [3.63, 3.8) is 0 Å². The number of rotatable bonds is 5. The standard InChI is InChI=1S/C14H22N6O2/c1-10-11(19-14(15)16)2-3-12(18-10)13(21)17-4-5-20-6-8-22-9-7-20/h2-3H,4-9H2,1H3,(H,17,21)(H4,15,16,19). The Morgan fingerprint density at radius 3 is 2.82 bits per heavy atom. The summed E-state index contributed by atoms with van der Waals surface area (Å²) in [6, 6.07) is 3.31. The van der Waals surface area contributed by atoms with Gasteiger partial charge in [0.1, 0.15) is 5.69 Å². The summed E-state index contributed by atoms with van der Waals surface area (Å²) in [4.78, 5) is 18.6. The number of morpholine rings is 1. The van der Waals surface area contributed by atoms with E-state index in [2.05, 4.69) is 20.5 Å². The molecule has 0 aromatic carbocycles. The molecule has 0 radical (unpaired) electrons. The minimum absolute atomic E-state index is 0.160. The summed E-state index contributed by atoms with van der Waals surface area (Å²) in [5, 5.41) is 12.7. The van der Waals surface area contributed by atoms with Crippen molar-refractivity contribution >= 4 is 17.6 Å². The van der Waals surface area contributed by atoms with Crippen molar-refractivity contribution in [1.29, 1.82) is 5.41 Å². The summed E-state index contributed by atoms with van der Waals surface area (Å²) in [6.45, 7) is 6.44. The summed E-state index contributed by atoms with van der Waals surface area (Å²) < 4.78 is 5.28. The number of carbonyl (C=O) groups is 1. The van der Waals surface area contributed by atoms with Gasteiger partial charge in [-0.05, 0) is 19.1 Å². The van der Waals surface area contributed by atoms with Crippen LogP contribution in [0.2, 0.25) is 0 Å². The number of aromatic nitrogens is 1. The Hall–Kier alpha value is -2.19. The minimum atomic E-state index is -0.203. The number of carbonyl (C=O) groups excluding carboxylic acids is 1. The van der Waals surface area contributed by atoms with Crippen LogP contribution in [0.15, 0.2) is 12.1 Å². The fraction of sp³-hybridized carbons (Fsp3) is 0.500. The molecule has 0 saturated carbocycles. The maximum absolute atomic E-state index is 12.1. The summed E-state index contributed by atoms with van der Waals surface area (Å²) in [7, 11) is 0. The summed E-state index contributed by atoms with van der Waals surface area (Å²) in [5.74, 6) is -0.363. The number of nitrogens with zero attached hydrogens (tertiary/aromatic N) is 2. The van der Waals surface area contributed by atoms with Crippen LogP contribution in [-0.2, 0) is 4.74 Å². The molecule has 0 bridgehead atoms. The Morgan fingerprint density at radius 2 is 2.18 bits per heavy atom. The summed E-state index contributed by atoms with van der Waals surface area (Å²) >= 11 is 0. The van der Waals surface area contributed by atoms with Crippen LogP contribution in [0, 0.1) is 12.3 Å². The van der Waals surface area contributed by atoms with Crippen molar-refractivity contribution in [2.45, 2.75) is 6.92 Å². The van der Waals surface area contributed by atoms with Gasteiger partial charge in [0.25, 0.3) is 5.91 Å². The molecule has 8 nitrogen and oxygen atoms in total. The van der Waals surface area contributed by atoms with Gasteiger partial charge in [-0.1, -0.05) is 0 Å². The highest BCUT2D eigenvalue weighted by Crippen LogP contribution is 2.12. The number of anilines is 1. The van der Waals surface area contributed by atoms with Crippen LogP contribution in [0.1, 0.15) is 16.2 Å². The second-order valence-corrected chi connectivity index (χ2v) is 5.08. The highest BCUT2D eigenvalue weighted by molar-refractivity contribution is 5.94. The zero-order valence-electron chi connectivity index (χ0n) is 12.7. The van der Waals surface area contributed by atoms with Gasteiger partial charge in [-0.25, -0.2) is 4.98 Å². The number of hydrogen-bond donors (Lipinski definition) is 4. The fourth-order valence-electron chi connectivity index (χ4n) is 2.21. The van der Waals surface area contributed by atoms with Crippen LogP contribution in [0.4, 0.5) is 5.69 Å². The molecule has 2 heterocycles. The summed E-state index contributed by atoms with van der Waals surface area (Å²) in [5.41, 5.74) is 6.88. The average Bonchev–Trinajstić information content (AvgIpc) is 2.50. The number of amides is 1. The highest BCUT2D eigenvalue weighted by atomic mass is 16.5. The molecule has 1 aromatic rings. The molecule has 1 aromatic heterocycles. The van der Waals surface area contributed by atoms with E-state index >= 15 is 0 Å². The molecule has 1 amide bonds. The number of nitrogens with one attached hydrogen (secondary N) is 3. The van der Waals surface area contributed by atoms with Crippen LogP contribution in [0.5, 0.6) is 0 Å². The SMILES string of the molecule is Cc1nc(C(=O)NCCN2CCOCC2)ccc1NC(=N)N. The molecular formula is C14H22N6O2. The van der Waals surface area contributed by atoms with Gasteiger partial charge >= 0.3 is 0 Å². The number of guanidine groups is 1. The largest absolute Gasteiger partial charge is 0.379 e. The van der Waals surface area contributed by atoms with Crippen molar-refractivity contribution in [2.24, 2.45) is 5.73 Å². The van der Waals surface area contributed by atoms with Crippen LogP contribution in [0.25, 0.3) is 0 Å². The quantitative estimate of drug-likeness (QED) is 0.440. The molecule has 8 heteroatoms. The van der Waals surface area contributed by atoms with E-state index in [9.17, 15) is 4.79 Å². The molecule has 1 aliphatic heterocycles. The molecule has 0 atom stereocenters. The van der Waals surface area contributed by atoms with Gasteiger partial charge in [0.15, 0.2) is 5.96 Å². The normalized spacial score (nSPS) is 15.3. The first-order valence-corrected chi connectivity index (χ1v) is 7.23. The molecule has 0 unspecified atom stereocenters. The molecule has 0 aliphatic carbocycles. The van der Waals surface area contributed by atoms with Gasteiger partial charge in [0.05, 0.1) is 24.6 Å². The number of aryl methyl sites for hydroxylation is 1. The van der Waals surface area contributed by atoms with Gasteiger partial charge in [-0.15, -0.1) is 0 Å². The van der Waals surface area contributed by atoms with Gasteiger partial charge in [0.2, 0.25) is 0 Å². The van der Waals surface area contributed by atoms with E-state index in [-0.39, 0.29) is 11.9 Å². The van der Waals surface area contributed by atoms with E-state index in [1.54, 1.807) is 19.1 Å². The lowest BCUT2D eigenvalue weighted by Crippen LogP contribution is -2.41. The third kappa shape index (κ3) is 4.68. The lowest BCUT2D eigenvalue weighted by molar-refractivity contribution is 0.0383. The highest BCUT2D eigenvalue weighted by Gasteiger charge is 2.12. The van der Waals surface area contributed by atoms with E-state index < -0.39 is 0 Å². The smallest absolute Gasteiger partial charge is 0.269 e. The van der Waals surface area contributed by atoms with Crippen LogP contribution in [-0.4, -0.2) is 61.1 Å². The topological polar surface area (TPSA) is 116 Å². The van der Waals surface area contributed by atoms with E-state index in [0.717, 1.165) is 32.8 Å². The van der Waals surface area contributed by atoms with Gasteiger partial charge in [0, 0.05) is 26.2 Å². The number of nitrogens with two attached hydrogens (primary N) is 1. The Balaban J connectivity index is 1.84. The molecule has 1 fully saturated rings. The van der Waals surface area contributed by atoms with Crippen LogP contribution < -0.4 is 16.4 Å². The Labute approximate surface area is 129 Å². The van der Waals surface area contributed by atoms with E-state index in [4.69, 9.17) is 15.9 Å². The van der Waals surface area contributed by atoms with Gasteiger partial charge in [-0.2, -0.15) is 0 Å². The molecule has 2 rings (SSSR count). The lowest BCUT2D eigenvalue weighted by atomic mass is 10.2. The molecule has 120 valence electrons. The Bertz CT molecular complexity index is 542. The number of ether oxygens (including phenoxy) is 1. The van der Waals surface area contributed by atoms with Gasteiger partial charge in [-0.3, -0.25) is 15.1 Å².